The van der Waals surface area contributed by atoms with Crippen molar-refractivity contribution in [3.8, 4) is 28.0 Å². The Morgan fingerprint density at radius 2 is 1.09 bits per heavy atom. The van der Waals surface area contributed by atoms with Crippen LogP contribution >= 0.6 is 0 Å². The topological polar surface area (TPSA) is 9.23 Å². The predicted octanol–water partition coefficient (Wildman–Crippen LogP) is 7.43. The first-order chi connectivity index (χ1) is 15.3. The van der Waals surface area contributed by atoms with Crippen LogP contribution in [0.1, 0.15) is 5.56 Å². The van der Waals surface area contributed by atoms with Crippen LogP contribution in [-0.2, 0) is 6.61 Å². The molecule has 0 atom stereocenters. The van der Waals surface area contributed by atoms with Crippen LogP contribution < -0.4 is 4.74 Å². The molecule has 0 aliphatic carbocycles. The maximum absolute atomic E-state index is 14.6. The summed E-state index contributed by atoms with van der Waals surface area (Å²) < 4.78 is 87.2. The molecule has 0 bridgehead atoms. The molecule has 162 valence electrons. The molecule has 0 aliphatic heterocycles. The molecule has 0 radical (unpaired) electrons. The highest BCUT2D eigenvalue weighted by Crippen LogP contribution is 2.30. The summed E-state index contributed by atoms with van der Waals surface area (Å²) in [5.74, 6) is -7.25. The van der Waals surface area contributed by atoms with Gasteiger partial charge >= 0.3 is 0 Å². The fraction of sp³-hybridized carbons (Fsp3) is 0.0400. The van der Waals surface area contributed by atoms with Gasteiger partial charge in [-0.15, -0.1) is 0 Å². The third-order valence-electron chi connectivity index (χ3n) is 4.85. The summed E-state index contributed by atoms with van der Waals surface area (Å²) in [6.07, 6.45) is 0. The smallest absolute Gasteiger partial charge is 0.194 e. The summed E-state index contributed by atoms with van der Waals surface area (Å²) in [5.41, 5.74) is 1.54. The van der Waals surface area contributed by atoms with Crippen LogP contribution in [0.3, 0.4) is 0 Å². The molecule has 4 aromatic rings. The van der Waals surface area contributed by atoms with Crippen molar-refractivity contribution in [2.24, 2.45) is 0 Å². The van der Waals surface area contributed by atoms with E-state index in [-0.39, 0.29) is 17.7 Å². The Balaban J connectivity index is 1.53. The van der Waals surface area contributed by atoms with Crippen LogP contribution in [0.5, 0.6) is 5.75 Å². The first kappa shape index (κ1) is 21.5. The van der Waals surface area contributed by atoms with E-state index in [0.29, 0.717) is 16.7 Å². The van der Waals surface area contributed by atoms with Crippen LogP contribution in [0.25, 0.3) is 22.3 Å². The molecule has 4 rings (SSSR count). The van der Waals surface area contributed by atoms with Gasteiger partial charge in [-0.3, -0.25) is 0 Å². The molecule has 7 heteroatoms. The highest BCUT2D eigenvalue weighted by molar-refractivity contribution is 5.71. The van der Waals surface area contributed by atoms with Crippen molar-refractivity contribution in [2.75, 3.05) is 0 Å². The summed E-state index contributed by atoms with van der Waals surface area (Å²) in [4.78, 5) is 0. The maximum Gasteiger partial charge on any atom is 0.194 e. The second kappa shape index (κ2) is 8.78. The third kappa shape index (κ3) is 4.32. The monoisotopic (exact) mass is 444 g/mol. The first-order valence-electron chi connectivity index (χ1n) is 9.44. The minimum absolute atomic E-state index is 0.0763. The molecular formula is C25H14F6O. The minimum atomic E-state index is -1.62. The molecule has 0 aromatic heterocycles. The number of halogens is 6. The SMILES string of the molecule is Fc1cc(-c2ccc(COc3c(F)cccc3F)cc2)ccc1-c1cc(F)c(F)c(F)c1. The molecule has 0 spiro atoms. The molecule has 0 saturated carbocycles. The van der Waals surface area contributed by atoms with Gasteiger partial charge in [0, 0.05) is 5.56 Å². The quantitative estimate of drug-likeness (QED) is 0.230. The van der Waals surface area contributed by atoms with Crippen LogP contribution in [0, 0.1) is 34.9 Å². The zero-order valence-electron chi connectivity index (χ0n) is 16.3. The molecule has 4 aromatic carbocycles. The lowest BCUT2D eigenvalue weighted by atomic mass is 9.99. The van der Waals surface area contributed by atoms with Gasteiger partial charge in [-0.05, 0) is 52.6 Å². The van der Waals surface area contributed by atoms with E-state index >= 15 is 0 Å². The molecule has 0 unspecified atom stereocenters. The van der Waals surface area contributed by atoms with Gasteiger partial charge in [0.15, 0.2) is 34.8 Å². The number of para-hydroxylation sites is 1. The van der Waals surface area contributed by atoms with E-state index < -0.39 is 40.7 Å². The van der Waals surface area contributed by atoms with E-state index in [4.69, 9.17) is 4.74 Å². The highest BCUT2D eigenvalue weighted by atomic mass is 19.2. The van der Waals surface area contributed by atoms with Gasteiger partial charge in [0.2, 0.25) is 0 Å². The lowest BCUT2D eigenvalue weighted by molar-refractivity contribution is 0.274. The Morgan fingerprint density at radius 1 is 0.531 bits per heavy atom. The lowest BCUT2D eigenvalue weighted by Crippen LogP contribution is -1.99. The highest BCUT2D eigenvalue weighted by Gasteiger charge is 2.15. The fourth-order valence-corrected chi connectivity index (χ4v) is 3.21. The molecule has 0 fully saturated rings. The molecular weight excluding hydrogens is 430 g/mol. The Morgan fingerprint density at radius 3 is 1.69 bits per heavy atom. The van der Waals surface area contributed by atoms with E-state index in [1.54, 1.807) is 30.3 Å². The second-order valence-electron chi connectivity index (χ2n) is 6.98. The van der Waals surface area contributed by atoms with Gasteiger partial charge in [0.1, 0.15) is 12.4 Å². The van der Waals surface area contributed by atoms with Gasteiger partial charge in [-0.25, -0.2) is 26.3 Å². The number of rotatable bonds is 5. The molecule has 0 N–H and O–H groups in total. The Labute approximate surface area is 179 Å². The normalized spacial score (nSPS) is 10.9. The van der Waals surface area contributed by atoms with Crippen molar-refractivity contribution in [1.82, 2.24) is 0 Å². The van der Waals surface area contributed by atoms with E-state index in [1.165, 1.54) is 18.2 Å². The van der Waals surface area contributed by atoms with Crippen LogP contribution in [0.2, 0.25) is 0 Å². The summed E-state index contributed by atoms with van der Waals surface area (Å²) >= 11 is 0. The van der Waals surface area contributed by atoms with Gasteiger partial charge in [-0.2, -0.15) is 0 Å². The van der Waals surface area contributed by atoms with Gasteiger partial charge in [0.25, 0.3) is 0 Å². The van der Waals surface area contributed by atoms with Gasteiger partial charge in [0.05, 0.1) is 0 Å². The first-order valence-corrected chi connectivity index (χ1v) is 9.44. The lowest BCUT2D eigenvalue weighted by Gasteiger charge is -2.10. The fourth-order valence-electron chi connectivity index (χ4n) is 3.21. The molecule has 1 nitrogen and oxygen atoms in total. The molecule has 0 aliphatic rings. The van der Waals surface area contributed by atoms with E-state index in [2.05, 4.69) is 0 Å². The van der Waals surface area contributed by atoms with Crippen molar-refractivity contribution in [3.63, 3.8) is 0 Å². The number of hydrogen-bond donors (Lipinski definition) is 0. The standard InChI is InChI=1S/C25H14F6O/c26-19-2-1-3-20(27)25(19)32-13-14-4-6-15(7-5-14)16-8-9-18(21(28)10-16)17-11-22(29)24(31)23(30)12-17/h1-12H,13H2. The number of ether oxygens (including phenoxy) is 1. The maximum atomic E-state index is 14.6. The molecule has 32 heavy (non-hydrogen) atoms. The summed E-state index contributed by atoms with van der Waals surface area (Å²) in [5, 5.41) is 0. The third-order valence-corrected chi connectivity index (χ3v) is 4.85. The molecule has 0 heterocycles. The molecule has 0 saturated heterocycles. The van der Waals surface area contributed by atoms with E-state index in [0.717, 1.165) is 24.3 Å². The average molecular weight is 444 g/mol. The second-order valence-corrected chi connectivity index (χ2v) is 6.98. The summed E-state index contributed by atoms with van der Waals surface area (Å²) in [7, 11) is 0. The molecule has 0 amide bonds. The zero-order chi connectivity index (χ0) is 22.8. The zero-order valence-corrected chi connectivity index (χ0v) is 16.3. The van der Waals surface area contributed by atoms with Crippen molar-refractivity contribution in [1.29, 1.82) is 0 Å². The average Bonchev–Trinajstić information content (AvgIpc) is 2.77. The van der Waals surface area contributed by atoms with Gasteiger partial charge < -0.3 is 4.74 Å². The predicted molar refractivity (Wildman–Crippen MR) is 108 cm³/mol. The van der Waals surface area contributed by atoms with Crippen molar-refractivity contribution in [2.45, 2.75) is 6.61 Å². The van der Waals surface area contributed by atoms with E-state index in [9.17, 15) is 26.3 Å². The van der Waals surface area contributed by atoms with Crippen molar-refractivity contribution >= 4 is 0 Å². The Hall–Kier alpha value is -3.74. The van der Waals surface area contributed by atoms with Crippen LogP contribution in [-0.4, -0.2) is 0 Å². The van der Waals surface area contributed by atoms with Crippen LogP contribution in [0.4, 0.5) is 26.3 Å². The minimum Gasteiger partial charge on any atom is -0.483 e. The van der Waals surface area contributed by atoms with Crippen LogP contribution in [0.15, 0.2) is 72.8 Å². The summed E-state index contributed by atoms with van der Waals surface area (Å²) in [6.45, 7) is -0.0763. The van der Waals surface area contributed by atoms with Crippen molar-refractivity contribution < 1.29 is 31.1 Å². The largest absolute Gasteiger partial charge is 0.483 e. The van der Waals surface area contributed by atoms with Crippen molar-refractivity contribution in [3.05, 3.63) is 113 Å². The summed E-state index contributed by atoms with van der Waals surface area (Å²) in [6, 6.07) is 15.6. The van der Waals surface area contributed by atoms with Gasteiger partial charge in [-0.1, -0.05) is 42.5 Å². The Bertz CT molecular complexity index is 1240. The number of hydrogen-bond acceptors (Lipinski definition) is 1. The Kier molecular flexibility index (Phi) is 5.90. The number of benzene rings is 4. The van der Waals surface area contributed by atoms with E-state index in [1.807, 2.05) is 0 Å².